The average Bonchev–Trinajstić information content (AvgIpc) is 2.35. The lowest BCUT2D eigenvalue weighted by Gasteiger charge is -2.21. The van der Waals surface area contributed by atoms with Crippen LogP contribution in [-0.4, -0.2) is 35.4 Å². The fourth-order valence-electron chi connectivity index (χ4n) is 1.49. The molecule has 6 heteroatoms. The molecule has 1 unspecified atom stereocenters. The van der Waals surface area contributed by atoms with Gasteiger partial charge in [-0.2, -0.15) is 0 Å². The molecular formula is C13H23Cl2N3O. The van der Waals surface area contributed by atoms with Gasteiger partial charge in [0, 0.05) is 32.0 Å². The molecule has 0 aliphatic heterocycles. The van der Waals surface area contributed by atoms with Crippen molar-refractivity contribution in [1.29, 1.82) is 0 Å². The van der Waals surface area contributed by atoms with Crippen molar-refractivity contribution in [3.8, 4) is 0 Å². The predicted molar refractivity (Wildman–Crippen MR) is 83.1 cm³/mol. The van der Waals surface area contributed by atoms with E-state index in [4.69, 9.17) is 5.73 Å². The smallest absolute Gasteiger partial charge is 0.255 e. The van der Waals surface area contributed by atoms with Crippen LogP contribution in [-0.2, 0) is 0 Å². The Morgan fingerprint density at radius 1 is 1.42 bits per heavy atom. The first kappa shape index (κ1) is 20.5. The monoisotopic (exact) mass is 307 g/mol. The second kappa shape index (κ2) is 10.0. The van der Waals surface area contributed by atoms with E-state index < -0.39 is 0 Å². The molecule has 0 fully saturated rings. The normalized spacial score (nSPS) is 11.2. The Labute approximate surface area is 127 Å². The highest BCUT2D eigenvalue weighted by atomic mass is 35.5. The number of carbonyl (C=O) groups excluding carboxylic acids is 1. The van der Waals surface area contributed by atoms with Gasteiger partial charge >= 0.3 is 0 Å². The third kappa shape index (κ3) is 6.76. The van der Waals surface area contributed by atoms with Crippen molar-refractivity contribution in [3.63, 3.8) is 0 Å². The molecule has 110 valence electrons. The number of hydrogen-bond acceptors (Lipinski definition) is 3. The van der Waals surface area contributed by atoms with Gasteiger partial charge in [-0.05, 0) is 24.5 Å². The van der Waals surface area contributed by atoms with Crippen LogP contribution >= 0.6 is 24.8 Å². The van der Waals surface area contributed by atoms with Crippen molar-refractivity contribution in [2.45, 2.75) is 26.3 Å². The summed E-state index contributed by atoms with van der Waals surface area (Å²) in [6.07, 6.45) is 4.06. The molecule has 0 spiro atoms. The van der Waals surface area contributed by atoms with Crippen LogP contribution in [0.15, 0.2) is 24.5 Å². The van der Waals surface area contributed by atoms with Crippen LogP contribution in [0.2, 0.25) is 0 Å². The highest BCUT2D eigenvalue weighted by Gasteiger charge is 2.14. The average molecular weight is 308 g/mol. The summed E-state index contributed by atoms with van der Waals surface area (Å²) in [6, 6.07) is 3.67. The molecule has 0 aromatic carbocycles. The number of amides is 1. The van der Waals surface area contributed by atoms with E-state index in [0.717, 1.165) is 6.42 Å². The van der Waals surface area contributed by atoms with Crippen LogP contribution in [0.3, 0.4) is 0 Å². The van der Waals surface area contributed by atoms with Crippen LogP contribution in [0.25, 0.3) is 0 Å². The number of aromatic nitrogens is 1. The standard InChI is InChI=1S/C13H21N3O.2ClH/c1-10(2)12(14)6-8-16(3)13(17)11-5-4-7-15-9-11;;/h4-5,7,9-10,12H,6,8,14H2,1-3H3;2*1H. The maximum Gasteiger partial charge on any atom is 0.255 e. The topological polar surface area (TPSA) is 59.2 Å². The Balaban J connectivity index is 0. The van der Waals surface area contributed by atoms with E-state index in [9.17, 15) is 4.79 Å². The van der Waals surface area contributed by atoms with Crippen LogP contribution in [0.1, 0.15) is 30.6 Å². The summed E-state index contributed by atoms with van der Waals surface area (Å²) in [5.41, 5.74) is 6.57. The van der Waals surface area contributed by atoms with Gasteiger partial charge in [-0.25, -0.2) is 0 Å². The van der Waals surface area contributed by atoms with E-state index in [1.54, 1.807) is 36.5 Å². The van der Waals surface area contributed by atoms with Gasteiger partial charge in [0.05, 0.1) is 5.56 Å². The molecule has 1 rings (SSSR count). The molecule has 1 aromatic rings. The summed E-state index contributed by atoms with van der Waals surface area (Å²) >= 11 is 0. The minimum atomic E-state index is -0.00550. The third-order valence-electron chi connectivity index (χ3n) is 2.91. The van der Waals surface area contributed by atoms with Gasteiger partial charge in [0.2, 0.25) is 0 Å². The summed E-state index contributed by atoms with van der Waals surface area (Å²) in [7, 11) is 1.79. The molecule has 0 aliphatic carbocycles. The third-order valence-corrected chi connectivity index (χ3v) is 2.91. The molecule has 0 radical (unpaired) electrons. The van der Waals surface area contributed by atoms with E-state index in [0.29, 0.717) is 18.0 Å². The van der Waals surface area contributed by atoms with Gasteiger partial charge in [0.25, 0.3) is 5.91 Å². The molecule has 1 atom stereocenters. The van der Waals surface area contributed by atoms with Crippen molar-refractivity contribution >= 4 is 30.7 Å². The van der Waals surface area contributed by atoms with Crippen LogP contribution in [0.4, 0.5) is 0 Å². The molecule has 0 aliphatic rings. The first-order valence-electron chi connectivity index (χ1n) is 5.93. The molecule has 19 heavy (non-hydrogen) atoms. The fourth-order valence-corrected chi connectivity index (χ4v) is 1.49. The van der Waals surface area contributed by atoms with Gasteiger partial charge in [-0.3, -0.25) is 9.78 Å². The molecule has 0 bridgehead atoms. The Hall–Kier alpha value is -0.840. The second-order valence-electron chi connectivity index (χ2n) is 4.66. The number of halogens is 2. The molecule has 1 amide bonds. The molecule has 1 heterocycles. The maximum absolute atomic E-state index is 12.0. The lowest BCUT2D eigenvalue weighted by Crippen LogP contribution is -2.34. The van der Waals surface area contributed by atoms with E-state index in [-0.39, 0.29) is 36.8 Å². The minimum Gasteiger partial charge on any atom is -0.342 e. The van der Waals surface area contributed by atoms with Crippen LogP contribution < -0.4 is 5.73 Å². The minimum absolute atomic E-state index is 0. The summed E-state index contributed by atoms with van der Waals surface area (Å²) in [6.45, 7) is 4.86. The van der Waals surface area contributed by atoms with Gasteiger partial charge < -0.3 is 10.6 Å². The van der Waals surface area contributed by atoms with Gasteiger partial charge in [-0.1, -0.05) is 13.8 Å². The molecule has 0 saturated heterocycles. The highest BCUT2D eigenvalue weighted by Crippen LogP contribution is 2.06. The van der Waals surface area contributed by atoms with Gasteiger partial charge in [0.1, 0.15) is 0 Å². The van der Waals surface area contributed by atoms with Crippen molar-refractivity contribution in [3.05, 3.63) is 30.1 Å². The highest BCUT2D eigenvalue weighted by molar-refractivity contribution is 5.93. The Kier molecular flexibility index (Phi) is 10.8. The second-order valence-corrected chi connectivity index (χ2v) is 4.66. The molecule has 0 saturated carbocycles. The SMILES string of the molecule is CC(C)C(N)CCN(C)C(=O)c1cccnc1.Cl.Cl. The molecule has 2 N–H and O–H groups in total. The van der Waals surface area contributed by atoms with E-state index >= 15 is 0 Å². The Bertz CT molecular complexity index is 360. The first-order valence-corrected chi connectivity index (χ1v) is 5.93. The number of pyridine rings is 1. The lowest BCUT2D eigenvalue weighted by atomic mass is 10.0. The van der Waals surface area contributed by atoms with Gasteiger partial charge in [0.15, 0.2) is 0 Å². The summed E-state index contributed by atoms with van der Waals surface area (Å²) in [4.78, 5) is 17.6. The zero-order chi connectivity index (χ0) is 12.8. The number of carbonyl (C=O) groups is 1. The Morgan fingerprint density at radius 3 is 2.53 bits per heavy atom. The predicted octanol–water partition coefficient (Wildman–Crippen LogP) is 2.37. The van der Waals surface area contributed by atoms with Gasteiger partial charge in [-0.15, -0.1) is 24.8 Å². The lowest BCUT2D eigenvalue weighted by molar-refractivity contribution is 0.0789. The summed E-state index contributed by atoms with van der Waals surface area (Å²) < 4.78 is 0. The van der Waals surface area contributed by atoms with E-state index in [1.807, 2.05) is 0 Å². The number of nitrogens with zero attached hydrogens (tertiary/aromatic N) is 2. The number of rotatable bonds is 5. The maximum atomic E-state index is 12.0. The first-order chi connectivity index (χ1) is 8.02. The summed E-state index contributed by atoms with van der Waals surface area (Å²) in [5, 5.41) is 0. The van der Waals surface area contributed by atoms with Crippen molar-refractivity contribution in [2.75, 3.05) is 13.6 Å². The van der Waals surface area contributed by atoms with Crippen LogP contribution in [0.5, 0.6) is 0 Å². The Morgan fingerprint density at radius 2 is 2.05 bits per heavy atom. The van der Waals surface area contributed by atoms with Crippen molar-refractivity contribution < 1.29 is 4.79 Å². The van der Waals surface area contributed by atoms with Crippen LogP contribution in [0, 0.1) is 5.92 Å². The van der Waals surface area contributed by atoms with Crippen molar-refractivity contribution in [2.24, 2.45) is 11.7 Å². The fraction of sp³-hybridized carbons (Fsp3) is 0.538. The molecule has 1 aromatic heterocycles. The number of nitrogens with two attached hydrogens (primary N) is 1. The van der Waals surface area contributed by atoms with E-state index in [1.165, 1.54) is 0 Å². The molecule has 4 nitrogen and oxygen atoms in total. The molecular weight excluding hydrogens is 285 g/mol. The summed E-state index contributed by atoms with van der Waals surface area (Å²) in [5.74, 6) is 0.436. The van der Waals surface area contributed by atoms with Crippen molar-refractivity contribution in [1.82, 2.24) is 9.88 Å². The largest absolute Gasteiger partial charge is 0.342 e. The van der Waals surface area contributed by atoms with E-state index in [2.05, 4.69) is 18.8 Å². The zero-order valence-corrected chi connectivity index (χ0v) is 13.2. The zero-order valence-electron chi connectivity index (χ0n) is 11.6. The number of hydrogen-bond donors (Lipinski definition) is 1. The quantitative estimate of drug-likeness (QED) is 0.908.